The van der Waals surface area contributed by atoms with Crippen LogP contribution in [-0.2, 0) is 13.0 Å². The first-order valence-electron chi connectivity index (χ1n) is 5.81. The first-order valence-corrected chi connectivity index (χ1v) is 6.69. The summed E-state index contributed by atoms with van der Waals surface area (Å²) in [4.78, 5) is 12.8. The summed E-state index contributed by atoms with van der Waals surface area (Å²) in [5, 5.41) is 16.1. The number of nitriles is 1. The Morgan fingerprint density at radius 3 is 2.68 bits per heavy atom. The van der Waals surface area contributed by atoms with Crippen molar-refractivity contribution in [1.29, 1.82) is 5.26 Å². The van der Waals surface area contributed by atoms with Gasteiger partial charge in [0.05, 0.1) is 19.0 Å². The highest BCUT2D eigenvalue weighted by molar-refractivity contribution is 7.09. The third-order valence-electron chi connectivity index (χ3n) is 2.50. The molecule has 1 heterocycles. The Hall–Kier alpha value is -2.32. The minimum atomic E-state index is -0.235. The fourth-order valence-electron chi connectivity index (χ4n) is 1.55. The van der Waals surface area contributed by atoms with Crippen molar-refractivity contribution in [2.45, 2.75) is 13.0 Å². The Balaban J connectivity index is 1.83. The van der Waals surface area contributed by atoms with Gasteiger partial charge in [-0.05, 0) is 29.1 Å². The standard InChI is InChI=1S/C14H13N3OS/c15-8-7-11-3-5-12(6-4-11)17-14(18)16-10-13-2-1-9-19-13/h1-6,9H,7,10H2,(H2,16,17,18). The summed E-state index contributed by atoms with van der Waals surface area (Å²) in [6.07, 6.45) is 0.380. The third-order valence-corrected chi connectivity index (χ3v) is 3.37. The van der Waals surface area contributed by atoms with Crippen molar-refractivity contribution in [2.24, 2.45) is 0 Å². The average Bonchev–Trinajstić information content (AvgIpc) is 2.92. The van der Waals surface area contributed by atoms with Crippen molar-refractivity contribution in [3.63, 3.8) is 0 Å². The topological polar surface area (TPSA) is 64.9 Å². The van der Waals surface area contributed by atoms with E-state index in [2.05, 4.69) is 16.7 Å². The number of urea groups is 1. The van der Waals surface area contributed by atoms with Crippen LogP contribution < -0.4 is 10.6 Å². The summed E-state index contributed by atoms with van der Waals surface area (Å²) in [5.41, 5.74) is 1.65. The zero-order valence-corrected chi connectivity index (χ0v) is 11.0. The smallest absolute Gasteiger partial charge is 0.319 e. The van der Waals surface area contributed by atoms with Crippen LogP contribution in [0.4, 0.5) is 10.5 Å². The van der Waals surface area contributed by atoms with Gasteiger partial charge >= 0.3 is 6.03 Å². The number of hydrogen-bond donors (Lipinski definition) is 2. The van der Waals surface area contributed by atoms with Gasteiger partial charge in [0, 0.05) is 10.6 Å². The van der Waals surface area contributed by atoms with Gasteiger partial charge in [0.1, 0.15) is 0 Å². The van der Waals surface area contributed by atoms with E-state index in [4.69, 9.17) is 5.26 Å². The van der Waals surface area contributed by atoms with Gasteiger partial charge in [-0.2, -0.15) is 5.26 Å². The Morgan fingerprint density at radius 1 is 1.26 bits per heavy atom. The molecule has 2 amide bonds. The van der Waals surface area contributed by atoms with E-state index in [1.165, 1.54) is 0 Å². The van der Waals surface area contributed by atoms with Crippen molar-refractivity contribution >= 4 is 23.1 Å². The van der Waals surface area contributed by atoms with Crippen LogP contribution in [0.25, 0.3) is 0 Å². The fraction of sp³-hybridized carbons (Fsp3) is 0.143. The van der Waals surface area contributed by atoms with E-state index in [-0.39, 0.29) is 6.03 Å². The number of amides is 2. The summed E-state index contributed by atoms with van der Waals surface area (Å²) in [5.74, 6) is 0. The summed E-state index contributed by atoms with van der Waals surface area (Å²) in [6, 6.07) is 13.0. The highest BCUT2D eigenvalue weighted by Gasteiger charge is 2.02. The van der Waals surface area contributed by atoms with Gasteiger partial charge < -0.3 is 10.6 Å². The lowest BCUT2D eigenvalue weighted by Crippen LogP contribution is -2.27. The largest absolute Gasteiger partial charge is 0.333 e. The molecule has 0 aliphatic carbocycles. The predicted molar refractivity (Wildman–Crippen MR) is 75.9 cm³/mol. The molecular formula is C14H13N3OS. The first kappa shape index (κ1) is 13.1. The molecule has 1 aromatic carbocycles. The Kier molecular flexibility index (Phi) is 4.54. The number of carbonyl (C=O) groups is 1. The number of nitrogens with one attached hydrogen (secondary N) is 2. The molecule has 0 fully saturated rings. The molecule has 0 bridgehead atoms. The lowest BCUT2D eigenvalue weighted by Gasteiger charge is -2.07. The molecule has 2 rings (SSSR count). The third kappa shape index (κ3) is 4.12. The molecule has 0 atom stereocenters. The molecule has 0 unspecified atom stereocenters. The fourth-order valence-corrected chi connectivity index (χ4v) is 2.20. The molecule has 19 heavy (non-hydrogen) atoms. The number of rotatable bonds is 4. The molecule has 0 radical (unpaired) electrons. The van der Waals surface area contributed by atoms with Gasteiger partial charge in [0.15, 0.2) is 0 Å². The number of thiophene rings is 1. The maximum atomic E-state index is 11.6. The van der Waals surface area contributed by atoms with Crippen molar-refractivity contribution in [3.05, 3.63) is 52.2 Å². The van der Waals surface area contributed by atoms with Crippen LogP contribution in [0.15, 0.2) is 41.8 Å². The van der Waals surface area contributed by atoms with Crippen molar-refractivity contribution < 1.29 is 4.79 Å². The zero-order chi connectivity index (χ0) is 13.5. The molecule has 0 saturated heterocycles. The van der Waals surface area contributed by atoms with Gasteiger partial charge in [-0.3, -0.25) is 0 Å². The predicted octanol–water partition coefficient (Wildman–Crippen LogP) is 3.14. The number of nitrogens with zero attached hydrogens (tertiary/aromatic N) is 1. The normalized spacial score (nSPS) is 9.63. The highest BCUT2D eigenvalue weighted by atomic mass is 32.1. The first-order chi connectivity index (χ1) is 9.28. The lowest BCUT2D eigenvalue weighted by molar-refractivity contribution is 0.252. The van der Waals surface area contributed by atoms with Crippen molar-refractivity contribution in [3.8, 4) is 6.07 Å². The molecule has 2 aromatic rings. The van der Waals surface area contributed by atoms with Gasteiger partial charge in [-0.25, -0.2) is 4.79 Å². The highest BCUT2D eigenvalue weighted by Crippen LogP contribution is 2.10. The molecule has 1 aromatic heterocycles. The van der Waals surface area contributed by atoms with Gasteiger partial charge in [-0.1, -0.05) is 18.2 Å². The number of anilines is 1. The molecule has 4 nitrogen and oxygen atoms in total. The van der Waals surface area contributed by atoms with Crippen LogP contribution in [0.5, 0.6) is 0 Å². The second-order valence-corrected chi connectivity index (χ2v) is 4.95. The van der Waals surface area contributed by atoms with Crippen LogP contribution >= 0.6 is 11.3 Å². The molecule has 0 spiro atoms. The maximum absolute atomic E-state index is 11.6. The van der Waals surface area contributed by atoms with E-state index in [9.17, 15) is 4.79 Å². The van der Waals surface area contributed by atoms with E-state index >= 15 is 0 Å². The quantitative estimate of drug-likeness (QED) is 0.897. The molecule has 96 valence electrons. The Labute approximate surface area is 115 Å². The molecule has 0 aliphatic heterocycles. The van der Waals surface area contributed by atoms with Crippen molar-refractivity contribution in [1.82, 2.24) is 5.32 Å². The van der Waals surface area contributed by atoms with Gasteiger partial charge in [0.25, 0.3) is 0 Å². The van der Waals surface area contributed by atoms with Crippen LogP contribution in [0.1, 0.15) is 10.4 Å². The second kappa shape index (κ2) is 6.57. The van der Waals surface area contributed by atoms with Crippen LogP contribution in [0.2, 0.25) is 0 Å². The second-order valence-electron chi connectivity index (χ2n) is 3.92. The number of carbonyl (C=O) groups excluding carboxylic acids is 1. The van der Waals surface area contributed by atoms with Crippen molar-refractivity contribution in [2.75, 3.05) is 5.32 Å². The van der Waals surface area contributed by atoms with E-state index in [0.29, 0.717) is 18.7 Å². The zero-order valence-electron chi connectivity index (χ0n) is 10.2. The molecule has 0 aliphatic rings. The summed E-state index contributed by atoms with van der Waals surface area (Å²) < 4.78 is 0. The van der Waals surface area contributed by atoms with Gasteiger partial charge in [0.2, 0.25) is 0 Å². The number of benzene rings is 1. The van der Waals surface area contributed by atoms with Gasteiger partial charge in [-0.15, -0.1) is 11.3 Å². The minimum absolute atomic E-state index is 0.235. The van der Waals surface area contributed by atoms with E-state index in [1.807, 2.05) is 29.6 Å². The Morgan fingerprint density at radius 2 is 2.05 bits per heavy atom. The van der Waals surface area contributed by atoms with E-state index in [0.717, 1.165) is 10.4 Å². The molecule has 0 saturated carbocycles. The monoisotopic (exact) mass is 271 g/mol. The van der Waals surface area contributed by atoms with E-state index in [1.54, 1.807) is 23.5 Å². The van der Waals surface area contributed by atoms with Crippen LogP contribution in [-0.4, -0.2) is 6.03 Å². The maximum Gasteiger partial charge on any atom is 0.319 e. The van der Waals surface area contributed by atoms with Crippen LogP contribution in [0, 0.1) is 11.3 Å². The van der Waals surface area contributed by atoms with E-state index < -0.39 is 0 Å². The average molecular weight is 271 g/mol. The summed E-state index contributed by atoms with van der Waals surface area (Å²) in [7, 11) is 0. The number of hydrogen-bond acceptors (Lipinski definition) is 3. The Bertz CT molecular complexity index is 570. The summed E-state index contributed by atoms with van der Waals surface area (Å²) in [6.45, 7) is 0.524. The molecule has 5 heteroatoms. The molecular weight excluding hydrogens is 258 g/mol. The lowest BCUT2D eigenvalue weighted by atomic mass is 10.1. The van der Waals surface area contributed by atoms with Crippen LogP contribution in [0.3, 0.4) is 0 Å². The molecule has 2 N–H and O–H groups in total. The SMILES string of the molecule is N#CCc1ccc(NC(=O)NCc2cccs2)cc1. The summed E-state index contributed by atoms with van der Waals surface area (Å²) >= 11 is 1.61. The minimum Gasteiger partial charge on any atom is -0.333 e.